The van der Waals surface area contributed by atoms with E-state index in [1.807, 2.05) is 41.1 Å². The number of hydrogen-bond donors (Lipinski definition) is 5. The van der Waals surface area contributed by atoms with Gasteiger partial charge in [-0.3, -0.25) is 28.9 Å². The van der Waals surface area contributed by atoms with E-state index in [4.69, 9.17) is 21.8 Å². The van der Waals surface area contributed by atoms with E-state index >= 15 is 0 Å². The van der Waals surface area contributed by atoms with Gasteiger partial charge in [0.15, 0.2) is 11.4 Å². The SMILES string of the molecule is O=CCN(Cc1cc(C#Cc2ccc(NC(=S)NCCS(=O)(=O)O)cc2)cc(CN(CC(=O)O)Cc2cc(-c3cccs3)cc(C=O)n2)n1)Cc1cc(-c2cccs2)cc(C(=O)O)n1. The van der Waals surface area contributed by atoms with Crippen molar-refractivity contribution in [2.24, 2.45) is 0 Å². The predicted octanol–water partition coefficient (Wildman–Crippen LogP) is 5.70. The molecule has 0 unspecified atom stereocenters. The molecule has 0 atom stereocenters. The highest BCUT2D eigenvalue weighted by molar-refractivity contribution is 7.85. The number of nitrogens with zero attached hydrogens (tertiary/aromatic N) is 5. The normalized spacial score (nSPS) is 11.2. The number of benzene rings is 1. The summed E-state index contributed by atoms with van der Waals surface area (Å²) in [5, 5.41) is 29.4. The molecule has 20 heteroatoms. The second-order valence-corrected chi connectivity index (χ2v) is 18.0. The number of rotatable bonds is 20. The summed E-state index contributed by atoms with van der Waals surface area (Å²) in [6.07, 6.45) is 1.37. The van der Waals surface area contributed by atoms with Crippen molar-refractivity contribution in [2.45, 2.75) is 26.2 Å². The number of thiophene rings is 2. The van der Waals surface area contributed by atoms with E-state index < -0.39 is 27.8 Å². The van der Waals surface area contributed by atoms with Gasteiger partial charge in [-0.2, -0.15) is 8.42 Å². The maximum atomic E-state index is 12.2. The molecule has 6 aromatic rings. The second kappa shape index (κ2) is 22.2. The molecule has 0 saturated carbocycles. The summed E-state index contributed by atoms with van der Waals surface area (Å²) >= 11 is 8.15. The molecule has 5 aromatic heterocycles. The van der Waals surface area contributed by atoms with Crippen LogP contribution in [0.5, 0.6) is 0 Å². The van der Waals surface area contributed by atoms with E-state index in [-0.39, 0.29) is 62.3 Å². The zero-order valence-corrected chi connectivity index (χ0v) is 37.0. The van der Waals surface area contributed by atoms with Crippen molar-refractivity contribution < 1.29 is 42.4 Å². The van der Waals surface area contributed by atoms with Gasteiger partial charge < -0.3 is 25.6 Å². The number of thiocarbonyl (C=S) groups is 1. The Hall–Kier alpha value is -6.57. The molecule has 0 bridgehead atoms. The van der Waals surface area contributed by atoms with Gasteiger partial charge in [-0.25, -0.2) is 14.8 Å². The van der Waals surface area contributed by atoms with Gasteiger partial charge in [-0.1, -0.05) is 24.0 Å². The van der Waals surface area contributed by atoms with Gasteiger partial charge in [-0.15, -0.1) is 22.7 Å². The highest BCUT2D eigenvalue weighted by atomic mass is 32.2. The Kier molecular flexibility index (Phi) is 16.3. The molecule has 16 nitrogen and oxygen atoms in total. The van der Waals surface area contributed by atoms with Crippen molar-refractivity contribution in [3.8, 4) is 32.7 Å². The zero-order chi connectivity index (χ0) is 45.6. The van der Waals surface area contributed by atoms with E-state index in [9.17, 15) is 37.8 Å². The first kappa shape index (κ1) is 46.9. The smallest absolute Gasteiger partial charge is 0.354 e. The van der Waals surface area contributed by atoms with Crippen LogP contribution in [0.25, 0.3) is 20.9 Å². The third-order valence-electron chi connectivity index (χ3n) is 9.03. The minimum absolute atomic E-state index is 0.0365. The van der Waals surface area contributed by atoms with Crippen molar-refractivity contribution in [3.63, 3.8) is 0 Å². The molecule has 328 valence electrons. The first-order valence-electron chi connectivity index (χ1n) is 19.2. The van der Waals surface area contributed by atoms with Gasteiger partial charge >= 0.3 is 11.9 Å². The largest absolute Gasteiger partial charge is 0.480 e. The molecule has 0 radical (unpaired) electrons. The van der Waals surface area contributed by atoms with Gasteiger partial charge in [0, 0.05) is 59.3 Å². The van der Waals surface area contributed by atoms with Crippen LogP contribution in [0.2, 0.25) is 0 Å². The van der Waals surface area contributed by atoms with Crippen molar-refractivity contribution >= 4 is 80.3 Å². The van der Waals surface area contributed by atoms with Crippen LogP contribution in [0.3, 0.4) is 0 Å². The summed E-state index contributed by atoms with van der Waals surface area (Å²) in [5.41, 5.74) is 5.11. The fourth-order valence-corrected chi connectivity index (χ4v) is 8.41. The number of hydrogen-bond acceptors (Lipinski definition) is 14. The Morgan fingerprint density at radius 1 is 0.750 bits per heavy atom. The molecule has 6 rings (SSSR count). The van der Waals surface area contributed by atoms with Crippen LogP contribution in [0, 0.1) is 11.8 Å². The van der Waals surface area contributed by atoms with E-state index in [2.05, 4.69) is 32.4 Å². The molecule has 0 aliphatic heterocycles. The lowest BCUT2D eigenvalue weighted by molar-refractivity contribution is -0.138. The monoisotopic (exact) mass is 937 g/mol. The molecule has 1 aromatic carbocycles. The number of aliphatic carboxylic acids is 1. The number of aromatic carboxylic acids is 1. The summed E-state index contributed by atoms with van der Waals surface area (Å²) in [5.74, 6) is 3.50. The molecule has 0 spiro atoms. The van der Waals surface area contributed by atoms with Gasteiger partial charge in [0.1, 0.15) is 17.7 Å². The number of aldehydes is 2. The number of carbonyl (C=O) groups excluding carboxylic acids is 2. The number of anilines is 1. The van der Waals surface area contributed by atoms with Crippen LogP contribution < -0.4 is 10.6 Å². The molecule has 0 aliphatic rings. The molecule has 0 fully saturated rings. The lowest BCUT2D eigenvalue weighted by atomic mass is 10.1. The van der Waals surface area contributed by atoms with E-state index in [1.54, 1.807) is 58.3 Å². The number of carbonyl (C=O) groups is 4. The van der Waals surface area contributed by atoms with Gasteiger partial charge in [-0.05, 0) is 107 Å². The van der Waals surface area contributed by atoms with E-state index in [1.165, 1.54) is 28.7 Å². The standard InChI is InChI=1S/C44H39N7O9S4/c52-13-12-50(24-37-20-32(41-4-2-15-63-41)22-39(48-37)43(56)57)23-34-17-30(6-5-29-7-9-33(10-8-29)49-44(61)45-11-16-64(58,59)60)18-35(46-34)25-51(27-42(54)55)26-36-19-31(21-38(28-53)47-36)40-3-1-14-62-40/h1-4,7-10,13-15,17-22,28H,11-12,16,23-27H2,(H,54,55)(H,56,57)(H2,45,49,61)(H,58,59,60). The van der Waals surface area contributed by atoms with Crippen LogP contribution in [-0.2, 0) is 45.9 Å². The van der Waals surface area contributed by atoms with Gasteiger partial charge in [0.2, 0.25) is 0 Å². The fourth-order valence-electron chi connectivity index (χ4n) is 6.40. The number of aromatic nitrogens is 3. The second-order valence-electron chi connectivity index (χ2n) is 14.1. The number of carboxylic acids is 2. The van der Waals surface area contributed by atoms with Crippen molar-refractivity contribution in [1.29, 1.82) is 0 Å². The number of nitrogens with one attached hydrogen (secondary N) is 2. The average Bonchev–Trinajstić information content (AvgIpc) is 3.99. The Balaban J connectivity index is 1.30. The zero-order valence-electron chi connectivity index (χ0n) is 33.7. The van der Waals surface area contributed by atoms with Gasteiger partial charge in [0.25, 0.3) is 10.1 Å². The van der Waals surface area contributed by atoms with Crippen LogP contribution in [0.15, 0.2) is 95.7 Å². The number of pyridine rings is 3. The van der Waals surface area contributed by atoms with E-state index in [0.29, 0.717) is 51.4 Å². The molecule has 64 heavy (non-hydrogen) atoms. The van der Waals surface area contributed by atoms with Crippen molar-refractivity contribution in [1.82, 2.24) is 30.1 Å². The summed E-state index contributed by atoms with van der Waals surface area (Å²) in [6.45, 7) is -0.207. The Bertz CT molecular complexity index is 2810. The van der Waals surface area contributed by atoms with Crippen LogP contribution >= 0.6 is 34.9 Å². The molecule has 5 N–H and O–H groups in total. The average molecular weight is 938 g/mol. The van der Waals surface area contributed by atoms with Crippen molar-refractivity contribution in [2.75, 3.05) is 30.7 Å². The van der Waals surface area contributed by atoms with Crippen LogP contribution in [0.1, 0.15) is 54.9 Å². The summed E-state index contributed by atoms with van der Waals surface area (Å²) < 4.78 is 31.0. The van der Waals surface area contributed by atoms with Crippen molar-refractivity contribution in [3.05, 3.63) is 141 Å². The molecule has 0 aliphatic carbocycles. The maximum Gasteiger partial charge on any atom is 0.354 e. The predicted molar refractivity (Wildman–Crippen MR) is 247 cm³/mol. The topological polar surface area (TPSA) is 232 Å². The van der Waals surface area contributed by atoms with E-state index in [0.717, 1.165) is 21.6 Å². The molecular weight excluding hydrogens is 899 g/mol. The molecule has 0 amide bonds. The first-order valence-corrected chi connectivity index (χ1v) is 23.0. The molecular formula is C44H39N7O9S4. The number of carboxylic acid groups (broad SMARTS) is 2. The lowest BCUT2D eigenvalue weighted by Crippen LogP contribution is -2.32. The Labute approximate surface area is 381 Å². The highest BCUT2D eigenvalue weighted by Crippen LogP contribution is 2.28. The van der Waals surface area contributed by atoms with Gasteiger partial charge in [0.05, 0.1) is 41.6 Å². The van der Waals surface area contributed by atoms with Crippen LogP contribution in [0.4, 0.5) is 5.69 Å². The highest BCUT2D eigenvalue weighted by Gasteiger charge is 2.18. The summed E-state index contributed by atoms with van der Waals surface area (Å²) in [7, 11) is -4.15. The summed E-state index contributed by atoms with van der Waals surface area (Å²) in [6, 6.07) is 24.7. The Morgan fingerprint density at radius 3 is 1.88 bits per heavy atom. The first-order chi connectivity index (χ1) is 30.7. The maximum absolute atomic E-state index is 12.2. The quantitative estimate of drug-likeness (QED) is 0.0267. The fraction of sp³-hybridized carbons (Fsp3) is 0.182. The molecule has 5 heterocycles. The Morgan fingerprint density at radius 2 is 1.33 bits per heavy atom. The summed E-state index contributed by atoms with van der Waals surface area (Å²) in [4.78, 5) is 67.0. The van der Waals surface area contributed by atoms with Crippen LogP contribution in [-0.4, -0.2) is 103 Å². The lowest BCUT2D eigenvalue weighted by Gasteiger charge is -2.22. The third-order valence-corrected chi connectivity index (χ3v) is 11.8. The minimum Gasteiger partial charge on any atom is -0.480 e. The third kappa shape index (κ3) is 14.5. The molecule has 0 saturated heterocycles. The minimum atomic E-state index is -4.15.